The number of carbonyl (C=O) groups is 16. The van der Waals surface area contributed by atoms with E-state index in [1.807, 2.05) is 37.2 Å². The van der Waals surface area contributed by atoms with Gasteiger partial charge in [-0.2, -0.15) is 0 Å². The van der Waals surface area contributed by atoms with Gasteiger partial charge >= 0.3 is 29.8 Å². The summed E-state index contributed by atoms with van der Waals surface area (Å²) in [6.45, 7) is 0.417. The molecule has 0 aliphatic carbocycles. The van der Waals surface area contributed by atoms with E-state index < -0.39 is 201 Å². The van der Waals surface area contributed by atoms with Crippen LogP contribution in [0.15, 0.2) is 60.7 Å². The van der Waals surface area contributed by atoms with Crippen molar-refractivity contribution in [3.63, 3.8) is 0 Å². The third-order valence-electron chi connectivity index (χ3n) is 11.3. The minimum atomic E-state index is -2.23. The van der Waals surface area contributed by atoms with Crippen LogP contribution in [0.2, 0.25) is 0 Å². The van der Waals surface area contributed by atoms with Crippen LogP contribution < -0.4 is 63.6 Å². The molecule has 0 aliphatic heterocycles. The second-order valence-corrected chi connectivity index (χ2v) is 18.6. The smallest absolute Gasteiger partial charge is 0.305 e. The molecule has 83 heavy (non-hydrogen) atoms. The third-order valence-corrected chi connectivity index (χ3v) is 11.6. The van der Waals surface area contributed by atoms with E-state index in [1.165, 1.54) is 0 Å². The van der Waals surface area contributed by atoms with Crippen LogP contribution in [0.25, 0.3) is 0 Å². The van der Waals surface area contributed by atoms with Gasteiger partial charge in [-0.05, 0) is 17.0 Å². The molecule has 2 aromatic rings. The van der Waals surface area contributed by atoms with Crippen molar-refractivity contribution in [1.29, 1.82) is 0 Å². The number of hydrogen-bond donors (Lipinski definition) is 18. The molecule has 33 nitrogen and oxygen atoms in total. The molecule has 2 aromatic carbocycles. The molecule has 8 unspecified atom stereocenters. The number of thiol groups is 1. The highest BCUT2D eigenvalue weighted by Crippen LogP contribution is 2.11. The standard InChI is InChI=1S/C49H64N12O21S/c1-23(2)41(42(50)75)60-48(81)27(14-25-11-7-4-8-12-25)56-44(77)26(13-24-9-5-3-6-10-24)55-46(79)30(17-38(69)70)59-47(80)31(18-39(71)72)58-45(78)29(16-37(67)68)54-35(64)22-52-33(62)20-51-34(63)21-53-43(76)28(15-36(65)66)57-49(82)32(61-83)19-40(73)74/h3-12,23,26-32,41,61,83H,13-22H2,1-2H3,(H2,50,75)(H,51,63)(H,52,62)(H,53,76)(H,54,64)(H,55,79)(H,56,77)(H,57,82)(H,58,78)(H,59,80)(H,60,81)(H,65,66)(H,67,68)(H,69,70)(H,71,72)(H,73,74). The Hall–Kier alpha value is -9.73. The molecule has 0 radical (unpaired) electrons. The first-order chi connectivity index (χ1) is 39.0. The van der Waals surface area contributed by atoms with Gasteiger partial charge in [0.25, 0.3) is 0 Å². The number of nitrogens with two attached hydrogens (primary N) is 1. The summed E-state index contributed by atoms with van der Waals surface area (Å²) in [5.74, 6) is -21.6. The van der Waals surface area contributed by atoms with E-state index in [0.717, 1.165) is 0 Å². The first-order valence-electron chi connectivity index (χ1n) is 24.8. The highest BCUT2D eigenvalue weighted by atomic mass is 32.1. The van der Waals surface area contributed by atoms with Crippen molar-refractivity contribution in [1.82, 2.24) is 57.9 Å². The monoisotopic (exact) mass is 1190 g/mol. The Balaban J connectivity index is 2.23. The van der Waals surface area contributed by atoms with Crippen LogP contribution in [0.5, 0.6) is 0 Å². The normalized spacial score (nSPS) is 13.6. The van der Waals surface area contributed by atoms with Crippen molar-refractivity contribution in [3.05, 3.63) is 71.8 Å². The summed E-state index contributed by atoms with van der Waals surface area (Å²) in [5.41, 5.74) is 6.50. The van der Waals surface area contributed by atoms with E-state index in [1.54, 1.807) is 74.5 Å². The predicted octanol–water partition coefficient (Wildman–Crippen LogP) is -6.47. The lowest BCUT2D eigenvalue weighted by Crippen LogP contribution is -2.61. The Kier molecular flexibility index (Phi) is 29.3. The van der Waals surface area contributed by atoms with E-state index >= 15 is 0 Å². The molecule has 18 N–H and O–H groups in total. The molecule has 0 saturated carbocycles. The zero-order valence-electron chi connectivity index (χ0n) is 44.3. The maximum Gasteiger partial charge on any atom is 0.305 e. The van der Waals surface area contributed by atoms with Crippen LogP contribution in [-0.2, 0) is 89.6 Å². The van der Waals surface area contributed by atoms with Crippen molar-refractivity contribution < 1.29 is 102 Å². The molecular formula is C49H64N12O21S. The number of primary amides is 1. The molecule has 0 spiro atoms. The van der Waals surface area contributed by atoms with Crippen molar-refractivity contribution in [2.45, 2.75) is 107 Å². The van der Waals surface area contributed by atoms with Crippen LogP contribution in [0.1, 0.15) is 57.1 Å². The van der Waals surface area contributed by atoms with Gasteiger partial charge in [0.2, 0.25) is 65.0 Å². The molecule has 0 saturated heterocycles. The first kappa shape index (κ1) is 69.4. The zero-order chi connectivity index (χ0) is 62.5. The maximum atomic E-state index is 14.2. The van der Waals surface area contributed by atoms with Gasteiger partial charge in [-0.3, -0.25) is 81.4 Å². The predicted molar refractivity (Wildman–Crippen MR) is 284 cm³/mol. The molecule has 0 aliphatic rings. The Morgan fingerprint density at radius 3 is 1.02 bits per heavy atom. The molecule has 0 bridgehead atoms. The van der Waals surface area contributed by atoms with E-state index in [-0.39, 0.29) is 12.8 Å². The van der Waals surface area contributed by atoms with E-state index in [9.17, 15) is 92.0 Å². The van der Waals surface area contributed by atoms with Crippen molar-refractivity contribution in [2.24, 2.45) is 11.7 Å². The number of carboxylic acid groups (broad SMARTS) is 5. The second kappa shape index (κ2) is 35.1. The molecule has 0 fully saturated rings. The summed E-state index contributed by atoms with van der Waals surface area (Å²) in [6, 6.07) is 2.25. The van der Waals surface area contributed by atoms with E-state index in [2.05, 4.69) is 33.5 Å². The highest BCUT2D eigenvalue weighted by Gasteiger charge is 2.36. The number of carbonyl (C=O) groups excluding carboxylic acids is 11. The maximum absolute atomic E-state index is 14.2. The fourth-order valence-corrected chi connectivity index (χ4v) is 7.43. The lowest BCUT2D eigenvalue weighted by atomic mass is 10.00. The van der Waals surface area contributed by atoms with Crippen LogP contribution in [0, 0.1) is 5.92 Å². The summed E-state index contributed by atoms with van der Waals surface area (Å²) in [7, 11) is 0. The summed E-state index contributed by atoms with van der Waals surface area (Å²) in [6.07, 6.45) is -6.01. The minimum Gasteiger partial charge on any atom is -0.481 e. The van der Waals surface area contributed by atoms with Gasteiger partial charge in [-0.25, -0.2) is 0 Å². The third kappa shape index (κ3) is 26.9. The topological polar surface area (TPSA) is 533 Å². The van der Waals surface area contributed by atoms with Crippen LogP contribution in [0.3, 0.4) is 0 Å². The Bertz CT molecular complexity index is 2720. The lowest BCUT2D eigenvalue weighted by molar-refractivity contribution is -0.144. The molecule has 34 heteroatoms. The molecular weight excluding hydrogens is 1120 g/mol. The number of benzene rings is 2. The zero-order valence-corrected chi connectivity index (χ0v) is 45.2. The summed E-state index contributed by atoms with van der Waals surface area (Å²) < 4.78 is 2.08. The molecule has 0 aromatic heterocycles. The van der Waals surface area contributed by atoms with Crippen molar-refractivity contribution in [3.8, 4) is 0 Å². The fourth-order valence-electron chi connectivity index (χ4n) is 7.23. The first-order valence-corrected chi connectivity index (χ1v) is 25.2. The molecule has 8 atom stereocenters. The van der Waals surface area contributed by atoms with Crippen LogP contribution in [-0.4, -0.2) is 188 Å². The quantitative estimate of drug-likeness (QED) is 0.0280. The Morgan fingerprint density at radius 2 is 0.675 bits per heavy atom. The molecule has 452 valence electrons. The van der Waals surface area contributed by atoms with Gasteiger partial charge in [0.05, 0.1) is 51.7 Å². The Morgan fingerprint density at radius 1 is 0.386 bits per heavy atom. The lowest BCUT2D eigenvalue weighted by Gasteiger charge is -2.27. The molecule has 0 heterocycles. The van der Waals surface area contributed by atoms with Crippen molar-refractivity contribution >= 4 is 108 Å². The van der Waals surface area contributed by atoms with Crippen molar-refractivity contribution in [2.75, 3.05) is 19.6 Å². The average Bonchev–Trinajstić information content (AvgIpc) is 3.55. The number of amides is 11. The minimum absolute atomic E-state index is 0.143. The Labute approximate surface area is 476 Å². The van der Waals surface area contributed by atoms with Gasteiger partial charge in [0.15, 0.2) is 0 Å². The SMILES string of the molecule is CC(C)C(NC(=O)C(Cc1ccccc1)NC(=O)C(Cc1ccccc1)NC(=O)C(CC(=O)O)NC(=O)C(CC(=O)O)NC(=O)C(CC(=O)O)NC(=O)CNC(=O)CNC(=O)CNC(=O)C(CC(=O)O)NC(=O)C(CC(=O)O)NS)C(N)=O. The number of hydrogen-bond acceptors (Lipinski definition) is 18. The number of rotatable bonds is 37. The molecule has 11 amide bonds. The molecule has 2 rings (SSSR count). The summed E-state index contributed by atoms with van der Waals surface area (Å²) >= 11 is 3.62. The fraction of sp³-hybridized carbons (Fsp3) is 0.429. The van der Waals surface area contributed by atoms with Gasteiger partial charge in [-0.15, -0.1) is 0 Å². The number of carboxylic acids is 5. The van der Waals surface area contributed by atoms with Gasteiger partial charge in [0, 0.05) is 12.8 Å². The second-order valence-electron chi connectivity index (χ2n) is 18.4. The van der Waals surface area contributed by atoms with Gasteiger partial charge in [-0.1, -0.05) is 87.3 Å². The number of nitrogens with one attached hydrogen (secondary N) is 11. The van der Waals surface area contributed by atoms with Gasteiger partial charge < -0.3 is 84.4 Å². The highest BCUT2D eigenvalue weighted by molar-refractivity contribution is 7.78. The number of aliphatic carboxylic acids is 5. The van der Waals surface area contributed by atoms with Crippen LogP contribution in [0.4, 0.5) is 0 Å². The van der Waals surface area contributed by atoms with E-state index in [0.29, 0.717) is 11.1 Å². The van der Waals surface area contributed by atoms with Crippen LogP contribution >= 0.6 is 12.8 Å². The summed E-state index contributed by atoms with van der Waals surface area (Å²) in [4.78, 5) is 202. The van der Waals surface area contributed by atoms with E-state index in [4.69, 9.17) is 15.9 Å². The average molecular weight is 1190 g/mol. The van der Waals surface area contributed by atoms with Gasteiger partial charge in [0.1, 0.15) is 48.3 Å². The largest absolute Gasteiger partial charge is 0.481 e. The summed E-state index contributed by atoms with van der Waals surface area (Å²) in [5, 5.41) is 68.4.